The van der Waals surface area contributed by atoms with Crippen molar-refractivity contribution in [3.8, 4) is 78.7 Å². The van der Waals surface area contributed by atoms with Gasteiger partial charge in [-0.15, -0.1) is 0 Å². The van der Waals surface area contributed by atoms with Gasteiger partial charge in [0.15, 0.2) is 17.5 Å². The van der Waals surface area contributed by atoms with Gasteiger partial charge in [-0.25, -0.2) is 15.0 Å². The molecular formula is C60H37N3. The van der Waals surface area contributed by atoms with E-state index in [2.05, 4.69) is 188 Å². The Balaban J connectivity index is 1.10. The Morgan fingerprint density at radius 3 is 1.33 bits per heavy atom. The summed E-state index contributed by atoms with van der Waals surface area (Å²) >= 11 is 0. The predicted molar refractivity (Wildman–Crippen MR) is 258 cm³/mol. The highest BCUT2D eigenvalue weighted by Crippen LogP contribution is 2.64. The molecular weight excluding hydrogens is 763 g/mol. The molecule has 3 heteroatoms. The Kier molecular flexibility index (Phi) is 7.82. The van der Waals surface area contributed by atoms with E-state index in [0.717, 1.165) is 33.0 Å². The summed E-state index contributed by atoms with van der Waals surface area (Å²) in [5, 5.41) is 4.66. The fourth-order valence-electron chi connectivity index (χ4n) is 10.6. The first kappa shape index (κ1) is 35.5. The fraction of sp³-hybridized carbons (Fsp3) is 0.0167. The van der Waals surface area contributed by atoms with Gasteiger partial charge in [-0.2, -0.15) is 0 Å². The summed E-state index contributed by atoms with van der Waals surface area (Å²) in [6.45, 7) is 0. The Morgan fingerprint density at radius 1 is 0.238 bits per heavy atom. The summed E-state index contributed by atoms with van der Waals surface area (Å²) in [6, 6.07) is 81.4. The van der Waals surface area contributed by atoms with Gasteiger partial charge in [-0.1, -0.05) is 200 Å². The van der Waals surface area contributed by atoms with Crippen LogP contribution in [0.3, 0.4) is 0 Å². The molecule has 13 rings (SSSR count). The number of fused-ring (bicyclic) bond motifs is 12. The number of benzene rings is 10. The van der Waals surface area contributed by atoms with E-state index in [0.29, 0.717) is 17.5 Å². The van der Waals surface area contributed by atoms with Gasteiger partial charge in [0.1, 0.15) is 0 Å². The summed E-state index contributed by atoms with van der Waals surface area (Å²) in [4.78, 5) is 15.4. The lowest BCUT2D eigenvalue weighted by Crippen LogP contribution is -2.25. The minimum absolute atomic E-state index is 0.474. The molecule has 0 saturated carbocycles. The third-order valence-electron chi connectivity index (χ3n) is 13.4. The molecule has 3 nitrogen and oxygen atoms in total. The molecule has 2 aliphatic carbocycles. The van der Waals surface area contributed by atoms with Crippen molar-refractivity contribution in [2.45, 2.75) is 5.41 Å². The van der Waals surface area contributed by atoms with E-state index in [1.54, 1.807) is 0 Å². The van der Waals surface area contributed by atoms with Crippen LogP contribution in [0.5, 0.6) is 0 Å². The number of hydrogen-bond acceptors (Lipinski definition) is 3. The second kappa shape index (κ2) is 13.9. The van der Waals surface area contributed by atoms with Gasteiger partial charge in [-0.05, 0) is 113 Å². The summed E-state index contributed by atoms with van der Waals surface area (Å²) in [5.41, 5.74) is 17.6. The van der Waals surface area contributed by atoms with Crippen molar-refractivity contribution in [1.82, 2.24) is 15.0 Å². The maximum atomic E-state index is 5.18. The average molecular weight is 800 g/mol. The van der Waals surface area contributed by atoms with Crippen molar-refractivity contribution in [3.05, 3.63) is 247 Å². The van der Waals surface area contributed by atoms with Crippen LogP contribution in [-0.2, 0) is 5.41 Å². The lowest BCUT2D eigenvalue weighted by atomic mass is 9.70. The van der Waals surface area contributed by atoms with Crippen LogP contribution in [0.15, 0.2) is 224 Å². The molecule has 0 amide bonds. The third kappa shape index (κ3) is 5.30. The molecule has 0 fully saturated rings. The van der Waals surface area contributed by atoms with E-state index in [-0.39, 0.29) is 0 Å². The van der Waals surface area contributed by atoms with Crippen molar-refractivity contribution in [2.75, 3.05) is 0 Å². The largest absolute Gasteiger partial charge is 0.208 e. The molecule has 11 aromatic rings. The molecule has 0 N–H and O–H groups in total. The first-order valence-corrected chi connectivity index (χ1v) is 21.6. The van der Waals surface area contributed by atoms with Crippen molar-refractivity contribution in [2.24, 2.45) is 0 Å². The SMILES string of the molecule is c1ccc(-c2nc(-c3ccccc3)nc(-c3ccc(-c4cc5c(cc4-c4ccc6ccccc6c4)-c4ccccc4C54c5ccccc5-c5ccccc54)c4ccccc34)n2)cc1. The van der Waals surface area contributed by atoms with E-state index in [1.165, 1.54) is 72.0 Å². The standard InChI is InChI=1S/C60H37N3/c1-3-18-39(19-4-1)57-61-58(40-20-5-2-6-21-40)63-59(62-57)49-34-33-45(43-23-9-10-24-44(43)49)51-37-56-52(36-50(51)42-32-31-38-17-7-8-22-41(38)35-42)48-27-13-16-30-55(48)60(56)53-28-14-11-25-46(53)47-26-12-15-29-54(47)60/h1-37H. The molecule has 0 unspecified atom stereocenters. The molecule has 292 valence electrons. The lowest BCUT2D eigenvalue weighted by Gasteiger charge is -2.31. The highest BCUT2D eigenvalue weighted by molar-refractivity contribution is 6.08. The molecule has 0 bridgehead atoms. The molecule has 1 aromatic heterocycles. The molecule has 1 heterocycles. The van der Waals surface area contributed by atoms with Crippen molar-refractivity contribution < 1.29 is 0 Å². The number of nitrogens with zero attached hydrogens (tertiary/aromatic N) is 3. The van der Waals surface area contributed by atoms with Crippen LogP contribution in [0.2, 0.25) is 0 Å². The summed E-state index contributed by atoms with van der Waals surface area (Å²) in [6.07, 6.45) is 0. The van der Waals surface area contributed by atoms with Crippen LogP contribution in [-0.4, -0.2) is 15.0 Å². The smallest absolute Gasteiger partial charge is 0.164 e. The molecule has 2 aliphatic rings. The molecule has 10 aromatic carbocycles. The summed E-state index contributed by atoms with van der Waals surface area (Å²) in [5.74, 6) is 1.93. The van der Waals surface area contributed by atoms with Gasteiger partial charge in [0.25, 0.3) is 0 Å². The molecule has 0 saturated heterocycles. The second-order valence-electron chi connectivity index (χ2n) is 16.6. The van der Waals surface area contributed by atoms with E-state index in [9.17, 15) is 0 Å². The summed E-state index contributed by atoms with van der Waals surface area (Å²) < 4.78 is 0. The molecule has 0 aliphatic heterocycles. The van der Waals surface area contributed by atoms with Crippen molar-refractivity contribution >= 4 is 21.5 Å². The zero-order valence-electron chi connectivity index (χ0n) is 34.2. The van der Waals surface area contributed by atoms with Gasteiger partial charge in [0.05, 0.1) is 5.41 Å². The maximum Gasteiger partial charge on any atom is 0.164 e. The van der Waals surface area contributed by atoms with Gasteiger partial charge in [0.2, 0.25) is 0 Å². The van der Waals surface area contributed by atoms with Crippen LogP contribution >= 0.6 is 0 Å². The molecule has 63 heavy (non-hydrogen) atoms. The van der Waals surface area contributed by atoms with Gasteiger partial charge < -0.3 is 0 Å². The molecule has 0 radical (unpaired) electrons. The topological polar surface area (TPSA) is 38.7 Å². The highest BCUT2D eigenvalue weighted by atomic mass is 15.0. The maximum absolute atomic E-state index is 5.18. The normalized spacial score (nSPS) is 12.9. The van der Waals surface area contributed by atoms with E-state index in [1.807, 2.05) is 36.4 Å². The average Bonchev–Trinajstić information content (AvgIpc) is 3.83. The van der Waals surface area contributed by atoms with E-state index >= 15 is 0 Å². The number of rotatable bonds is 5. The Labute approximate surface area is 365 Å². The van der Waals surface area contributed by atoms with Gasteiger partial charge >= 0.3 is 0 Å². The first-order valence-electron chi connectivity index (χ1n) is 21.6. The van der Waals surface area contributed by atoms with Crippen LogP contribution in [0.25, 0.3) is 100 Å². The minimum Gasteiger partial charge on any atom is -0.208 e. The number of hydrogen-bond donors (Lipinski definition) is 0. The van der Waals surface area contributed by atoms with Crippen LogP contribution in [0.1, 0.15) is 22.3 Å². The minimum atomic E-state index is -0.474. The Bertz CT molecular complexity index is 3530. The van der Waals surface area contributed by atoms with Crippen LogP contribution < -0.4 is 0 Å². The van der Waals surface area contributed by atoms with Gasteiger partial charge in [-0.3, -0.25) is 0 Å². The summed E-state index contributed by atoms with van der Waals surface area (Å²) in [7, 11) is 0. The van der Waals surface area contributed by atoms with E-state index < -0.39 is 5.41 Å². The monoisotopic (exact) mass is 799 g/mol. The van der Waals surface area contributed by atoms with Crippen molar-refractivity contribution in [3.63, 3.8) is 0 Å². The van der Waals surface area contributed by atoms with Crippen LogP contribution in [0, 0.1) is 0 Å². The zero-order valence-corrected chi connectivity index (χ0v) is 34.2. The molecule has 1 spiro atoms. The second-order valence-corrected chi connectivity index (χ2v) is 16.6. The quantitative estimate of drug-likeness (QED) is 0.174. The fourth-order valence-corrected chi connectivity index (χ4v) is 10.6. The predicted octanol–water partition coefficient (Wildman–Crippen LogP) is 14.9. The number of aromatic nitrogens is 3. The highest BCUT2D eigenvalue weighted by Gasteiger charge is 2.51. The Hall–Kier alpha value is -8.27. The Morgan fingerprint density at radius 2 is 0.714 bits per heavy atom. The van der Waals surface area contributed by atoms with E-state index in [4.69, 9.17) is 15.0 Å². The molecule has 0 atom stereocenters. The zero-order chi connectivity index (χ0) is 41.5. The van der Waals surface area contributed by atoms with Gasteiger partial charge in [0, 0.05) is 16.7 Å². The first-order chi connectivity index (χ1) is 31.2. The van der Waals surface area contributed by atoms with Crippen LogP contribution in [0.4, 0.5) is 0 Å². The third-order valence-corrected chi connectivity index (χ3v) is 13.4. The lowest BCUT2D eigenvalue weighted by molar-refractivity contribution is 0.794. The van der Waals surface area contributed by atoms with Crippen molar-refractivity contribution in [1.29, 1.82) is 0 Å².